The topological polar surface area (TPSA) is 46.6 Å². The van der Waals surface area contributed by atoms with Gasteiger partial charge in [-0.3, -0.25) is 4.79 Å². The molecule has 0 aliphatic heterocycles. The molecular formula is C23H28FNO3. The molecule has 0 saturated heterocycles. The van der Waals surface area contributed by atoms with Gasteiger partial charge in [-0.1, -0.05) is 74.0 Å². The first kappa shape index (κ1) is 21.6. The number of ether oxygens (including phenoxy) is 1. The summed E-state index contributed by atoms with van der Waals surface area (Å²) in [5.41, 5.74) is 1.94. The summed E-state index contributed by atoms with van der Waals surface area (Å²) < 4.78 is 18.6. The second-order valence-electron chi connectivity index (χ2n) is 6.82. The molecule has 2 aromatic carbocycles. The average molecular weight is 385 g/mol. The molecule has 5 heteroatoms. The molecule has 0 aromatic heterocycles. The Kier molecular flexibility index (Phi) is 9.19. The molecule has 4 nitrogen and oxygen atoms in total. The number of rotatable bonds is 11. The van der Waals surface area contributed by atoms with Crippen LogP contribution in [0.3, 0.4) is 0 Å². The molecule has 0 spiro atoms. The molecule has 0 bridgehead atoms. The molecule has 0 saturated carbocycles. The summed E-state index contributed by atoms with van der Waals surface area (Å²) in [6.45, 7) is 3.06. The highest BCUT2D eigenvalue weighted by molar-refractivity contribution is 5.70. The minimum atomic E-state index is -1.38. The van der Waals surface area contributed by atoms with Gasteiger partial charge in [-0.2, -0.15) is 4.39 Å². The number of benzene rings is 2. The van der Waals surface area contributed by atoms with E-state index in [1.54, 1.807) is 4.90 Å². The van der Waals surface area contributed by atoms with Gasteiger partial charge in [0.15, 0.2) is 0 Å². The van der Waals surface area contributed by atoms with Crippen LogP contribution in [0.5, 0.6) is 0 Å². The van der Waals surface area contributed by atoms with E-state index in [1.807, 2.05) is 67.6 Å². The van der Waals surface area contributed by atoms with Gasteiger partial charge in [-0.05, 0) is 24.0 Å². The lowest BCUT2D eigenvalue weighted by Crippen LogP contribution is -2.37. The van der Waals surface area contributed by atoms with E-state index in [1.165, 1.54) is 0 Å². The quantitative estimate of drug-likeness (QED) is 0.397. The Labute approximate surface area is 166 Å². The van der Waals surface area contributed by atoms with Gasteiger partial charge in [0.05, 0.1) is 6.61 Å². The summed E-state index contributed by atoms with van der Waals surface area (Å²) in [4.78, 5) is 25.4. The Morgan fingerprint density at radius 1 is 1.04 bits per heavy atom. The molecule has 0 heterocycles. The number of nitrogens with zero attached hydrogens (tertiary/aromatic N) is 1. The number of hydrogen-bond acceptors (Lipinski definition) is 3. The predicted octanol–water partition coefficient (Wildman–Crippen LogP) is 5.14. The highest BCUT2D eigenvalue weighted by atomic mass is 19.1. The molecule has 1 unspecified atom stereocenters. The molecule has 0 fully saturated rings. The molecule has 2 aromatic rings. The van der Waals surface area contributed by atoms with E-state index in [4.69, 9.17) is 4.74 Å². The maximum Gasteiger partial charge on any atom is 0.409 e. The number of amides is 1. The van der Waals surface area contributed by atoms with Crippen LogP contribution < -0.4 is 0 Å². The van der Waals surface area contributed by atoms with Gasteiger partial charge in [-0.15, -0.1) is 0 Å². The van der Waals surface area contributed by atoms with Crippen LogP contribution >= 0.6 is 0 Å². The van der Waals surface area contributed by atoms with Crippen LogP contribution in [0.2, 0.25) is 0 Å². The van der Waals surface area contributed by atoms with Crippen LogP contribution in [0.1, 0.15) is 43.2 Å². The molecule has 0 N–H and O–H groups in total. The normalized spacial score (nSPS) is 11.6. The third kappa shape index (κ3) is 7.51. The van der Waals surface area contributed by atoms with Crippen LogP contribution in [0.15, 0.2) is 60.7 Å². The summed E-state index contributed by atoms with van der Waals surface area (Å²) in [6.07, 6.45) is 1.71. The summed E-state index contributed by atoms with van der Waals surface area (Å²) >= 11 is 0. The van der Waals surface area contributed by atoms with Crippen molar-refractivity contribution in [1.82, 2.24) is 4.90 Å². The van der Waals surface area contributed by atoms with E-state index >= 15 is 0 Å². The molecule has 28 heavy (non-hydrogen) atoms. The Bertz CT molecular complexity index is 721. The third-order valence-electron chi connectivity index (χ3n) is 4.61. The van der Waals surface area contributed by atoms with Crippen LogP contribution in [-0.2, 0) is 16.0 Å². The number of carbonyl (C=O) groups is 2. The first-order valence-corrected chi connectivity index (χ1v) is 9.79. The van der Waals surface area contributed by atoms with Gasteiger partial charge in [-0.25, -0.2) is 4.79 Å². The first-order valence-electron chi connectivity index (χ1n) is 9.79. The molecule has 0 aliphatic rings. The van der Waals surface area contributed by atoms with Gasteiger partial charge in [0.2, 0.25) is 0 Å². The Hall–Kier alpha value is -2.69. The van der Waals surface area contributed by atoms with Crippen LogP contribution in [0.4, 0.5) is 9.18 Å². The second kappa shape index (κ2) is 11.9. The highest BCUT2D eigenvalue weighted by Crippen LogP contribution is 2.22. The highest BCUT2D eigenvalue weighted by Gasteiger charge is 2.23. The van der Waals surface area contributed by atoms with Gasteiger partial charge in [0.25, 0.3) is 0 Å². The van der Waals surface area contributed by atoms with Crippen molar-refractivity contribution in [1.29, 1.82) is 0 Å². The molecule has 1 amide bonds. The van der Waals surface area contributed by atoms with Crippen molar-refractivity contribution in [2.45, 2.75) is 38.5 Å². The lowest BCUT2D eigenvalue weighted by Gasteiger charge is -2.27. The Morgan fingerprint density at radius 3 is 2.29 bits per heavy atom. The molecule has 0 aliphatic carbocycles. The average Bonchev–Trinajstić information content (AvgIpc) is 2.71. The van der Waals surface area contributed by atoms with Gasteiger partial charge >= 0.3 is 12.1 Å². The van der Waals surface area contributed by atoms with Crippen molar-refractivity contribution in [2.24, 2.45) is 0 Å². The van der Waals surface area contributed by atoms with Crippen LogP contribution in [-0.4, -0.2) is 36.7 Å². The minimum absolute atomic E-state index is 0.234. The summed E-state index contributed by atoms with van der Waals surface area (Å²) in [7, 11) is 0. The molecule has 2 rings (SSSR count). The number of halogens is 1. The molecular weight excluding hydrogens is 357 g/mol. The number of unbranched alkanes of at least 4 members (excludes halogenated alkanes) is 1. The van der Waals surface area contributed by atoms with Crippen molar-refractivity contribution in [3.05, 3.63) is 71.8 Å². The van der Waals surface area contributed by atoms with E-state index in [2.05, 4.69) is 0 Å². The maximum atomic E-state index is 13.2. The van der Waals surface area contributed by atoms with E-state index in [9.17, 15) is 14.0 Å². The SMILES string of the molecule is CCCCOC(=O)N(CCc1ccccc1)CC(CC(=O)F)c1ccccc1. The largest absolute Gasteiger partial charge is 0.449 e. The zero-order chi connectivity index (χ0) is 20.2. The smallest absolute Gasteiger partial charge is 0.409 e. The van der Waals surface area contributed by atoms with Crippen molar-refractivity contribution in [3.63, 3.8) is 0 Å². The van der Waals surface area contributed by atoms with Gasteiger partial charge < -0.3 is 9.64 Å². The fourth-order valence-corrected chi connectivity index (χ4v) is 3.03. The van der Waals surface area contributed by atoms with E-state index in [-0.39, 0.29) is 13.0 Å². The summed E-state index contributed by atoms with van der Waals surface area (Å²) in [6, 6.07) is 17.7. The third-order valence-corrected chi connectivity index (χ3v) is 4.61. The summed E-state index contributed by atoms with van der Waals surface area (Å²) in [5.74, 6) is -0.409. The van der Waals surface area contributed by atoms with Gasteiger partial charge in [0, 0.05) is 25.4 Å². The van der Waals surface area contributed by atoms with Gasteiger partial charge in [0.1, 0.15) is 0 Å². The van der Waals surface area contributed by atoms with E-state index in [0.29, 0.717) is 19.6 Å². The van der Waals surface area contributed by atoms with Crippen molar-refractivity contribution >= 4 is 12.1 Å². The number of hydrogen-bond donors (Lipinski definition) is 0. The zero-order valence-corrected chi connectivity index (χ0v) is 16.4. The fraction of sp³-hybridized carbons (Fsp3) is 0.391. The standard InChI is InChI=1S/C23H28FNO3/c1-2-3-16-28-23(27)25(15-14-19-10-6-4-7-11-19)18-21(17-22(24)26)20-12-8-5-9-13-20/h4-13,21H,2-3,14-18H2,1H3. The number of carbonyl (C=O) groups excluding carboxylic acids is 2. The Balaban J connectivity index is 2.12. The lowest BCUT2D eigenvalue weighted by molar-refractivity contribution is -0.129. The maximum absolute atomic E-state index is 13.2. The van der Waals surface area contributed by atoms with Crippen molar-refractivity contribution in [3.8, 4) is 0 Å². The molecule has 1 atom stereocenters. The van der Waals surface area contributed by atoms with Crippen LogP contribution in [0.25, 0.3) is 0 Å². The van der Waals surface area contributed by atoms with E-state index < -0.39 is 18.0 Å². The first-order chi connectivity index (χ1) is 13.6. The van der Waals surface area contributed by atoms with E-state index in [0.717, 1.165) is 24.0 Å². The molecule has 150 valence electrons. The van der Waals surface area contributed by atoms with Crippen molar-refractivity contribution < 1.29 is 18.7 Å². The van der Waals surface area contributed by atoms with Crippen LogP contribution in [0, 0.1) is 0 Å². The zero-order valence-electron chi connectivity index (χ0n) is 16.4. The van der Waals surface area contributed by atoms with Crippen molar-refractivity contribution in [2.75, 3.05) is 19.7 Å². The Morgan fingerprint density at radius 2 is 1.68 bits per heavy atom. The second-order valence-corrected chi connectivity index (χ2v) is 6.82. The monoisotopic (exact) mass is 385 g/mol. The minimum Gasteiger partial charge on any atom is -0.449 e. The summed E-state index contributed by atoms with van der Waals surface area (Å²) in [5, 5.41) is 0. The fourth-order valence-electron chi connectivity index (χ4n) is 3.03. The lowest BCUT2D eigenvalue weighted by atomic mass is 9.95. The predicted molar refractivity (Wildman–Crippen MR) is 108 cm³/mol. The molecule has 0 radical (unpaired) electrons.